The summed E-state index contributed by atoms with van der Waals surface area (Å²) in [7, 11) is 0. The molecule has 3 unspecified atom stereocenters. The molecule has 7 atom stereocenters. The van der Waals surface area contributed by atoms with Crippen LogP contribution < -0.4 is 5.32 Å². The monoisotopic (exact) mass is 373 g/mol. The van der Waals surface area contributed by atoms with Crippen molar-refractivity contribution in [2.75, 3.05) is 6.54 Å². The van der Waals surface area contributed by atoms with Crippen molar-refractivity contribution in [2.24, 2.45) is 28.1 Å². The fraction of sp³-hybridized carbons (Fsp3) is 0.870. The summed E-state index contributed by atoms with van der Waals surface area (Å²) < 4.78 is 5.78. The van der Waals surface area contributed by atoms with E-state index in [1.807, 2.05) is 0 Å². The third-order valence-corrected chi connectivity index (χ3v) is 8.97. The molecule has 2 N–H and O–H groups in total. The van der Waals surface area contributed by atoms with E-state index in [-0.39, 0.29) is 27.8 Å². The maximum atomic E-state index is 12.5. The Hall–Kier alpha value is -1.05. The molecule has 0 radical (unpaired) electrons. The molecule has 4 fully saturated rings. The zero-order valence-corrected chi connectivity index (χ0v) is 17.1. The molecule has 1 spiro atoms. The average Bonchev–Trinajstić information content (AvgIpc) is 2.57. The lowest BCUT2D eigenvalue weighted by atomic mass is 9.39. The van der Waals surface area contributed by atoms with Crippen LogP contribution in [0.3, 0.4) is 0 Å². The molecule has 4 heteroatoms. The molecule has 0 amide bonds. The van der Waals surface area contributed by atoms with E-state index in [4.69, 9.17) is 11.2 Å². The van der Waals surface area contributed by atoms with Crippen LogP contribution in [0.4, 0.5) is 0 Å². The Bertz CT molecular complexity index is 671. The second-order valence-electron chi connectivity index (χ2n) is 10.8. The van der Waals surface area contributed by atoms with E-state index in [1.165, 1.54) is 32.1 Å². The number of rotatable bonds is 3. The van der Waals surface area contributed by atoms with Crippen molar-refractivity contribution in [3.8, 4) is 12.3 Å². The van der Waals surface area contributed by atoms with Gasteiger partial charge in [0.1, 0.15) is 5.60 Å². The van der Waals surface area contributed by atoms with Crippen molar-refractivity contribution in [3.63, 3.8) is 0 Å². The minimum atomic E-state index is -0.867. The highest BCUT2D eigenvalue weighted by atomic mass is 16.6. The maximum Gasteiger partial charge on any atom is 0.306 e. The van der Waals surface area contributed by atoms with Gasteiger partial charge in [0.2, 0.25) is 0 Å². The molecule has 1 heterocycles. The molecule has 1 saturated heterocycles. The Morgan fingerprint density at radius 2 is 1.96 bits per heavy atom. The molecule has 1 aliphatic heterocycles. The topological polar surface area (TPSA) is 58.6 Å². The highest BCUT2D eigenvalue weighted by molar-refractivity contribution is 5.72. The second kappa shape index (κ2) is 6.22. The smallest absolute Gasteiger partial charge is 0.306 e. The van der Waals surface area contributed by atoms with E-state index in [0.717, 1.165) is 25.8 Å². The zero-order chi connectivity index (χ0) is 19.5. The van der Waals surface area contributed by atoms with Gasteiger partial charge < -0.3 is 9.84 Å². The van der Waals surface area contributed by atoms with Gasteiger partial charge in [-0.3, -0.25) is 10.1 Å². The van der Waals surface area contributed by atoms with Crippen LogP contribution in [-0.4, -0.2) is 29.4 Å². The predicted octanol–water partition coefficient (Wildman–Crippen LogP) is 3.63. The summed E-state index contributed by atoms with van der Waals surface area (Å²) in [5, 5.41) is 13.0. The van der Waals surface area contributed by atoms with Gasteiger partial charge in [-0.05, 0) is 80.0 Å². The highest BCUT2D eigenvalue weighted by Gasteiger charge is 2.65. The molecular weight excluding hydrogens is 338 g/mol. The van der Waals surface area contributed by atoms with Gasteiger partial charge in [-0.15, -0.1) is 6.42 Å². The maximum absolute atomic E-state index is 12.5. The minimum absolute atomic E-state index is 0.0212. The average molecular weight is 374 g/mol. The Morgan fingerprint density at radius 3 is 2.70 bits per heavy atom. The van der Waals surface area contributed by atoms with Gasteiger partial charge in [0, 0.05) is 6.54 Å². The summed E-state index contributed by atoms with van der Waals surface area (Å²) in [4.78, 5) is 12.5. The van der Waals surface area contributed by atoms with Crippen LogP contribution in [0, 0.1) is 40.4 Å². The third kappa shape index (κ3) is 2.93. The first-order chi connectivity index (χ1) is 12.6. The predicted molar refractivity (Wildman–Crippen MR) is 105 cm³/mol. The van der Waals surface area contributed by atoms with Crippen LogP contribution in [-0.2, 0) is 9.53 Å². The van der Waals surface area contributed by atoms with Crippen LogP contribution in [0.1, 0.15) is 78.6 Å². The third-order valence-electron chi connectivity index (χ3n) is 8.97. The van der Waals surface area contributed by atoms with E-state index in [9.17, 15) is 9.90 Å². The van der Waals surface area contributed by atoms with E-state index in [2.05, 4.69) is 32.0 Å². The summed E-state index contributed by atoms with van der Waals surface area (Å²) in [6.07, 6.45) is 14.3. The van der Waals surface area contributed by atoms with Crippen molar-refractivity contribution >= 4 is 5.97 Å². The largest absolute Gasteiger partial charge is 0.459 e. The van der Waals surface area contributed by atoms with Gasteiger partial charge >= 0.3 is 5.97 Å². The Labute approximate surface area is 163 Å². The van der Waals surface area contributed by atoms with Crippen LogP contribution in [0.25, 0.3) is 0 Å². The first-order valence-electron chi connectivity index (χ1n) is 10.7. The van der Waals surface area contributed by atoms with Gasteiger partial charge in [-0.25, -0.2) is 0 Å². The first-order valence-corrected chi connectivity index (χ1v) is 10.7. The van der Waals surface area contributed by atoms with Crippen molar-refractivity contribution in [1.29, 1.82) is 0 Å². The molecule has 27 heavy (non-hydrogen) atoms. The number of nitrogens with one attached hydrogen (secondary N) is 1. The molecule has 0 aromatic heterocycles. The van der Waals surface area contributed by atoms with Gasteiger partial charge in [-0.1, -0.05) is 26.2 Å². The SMILES string of the molecule is C#CC(O)NC[C@]1(C)CCC[C@]2(C)C1CC[C@@]13CC(=O)O[C@@](C)(CCC12)C3. The normalized spacial score (nSPS) is 50.0. The fourth-order valence-corrected chi connectivity index (χ4v) is 8.11. The van der Waals surface area contributed by atoms with Crippen molar-refractivity contribution in [2.45, 2.75) is 90.4 Å². The van der Waals surface area contributed by atoms with E-state index < -0.39 is 6.23 Å². The number of carbonyl (C=O) groups excluding carboxylic acids is 1. The van der Waals surface area contributed by atoms with Crippen LogP contribution in [0.5, 0.6) is 0 Å². The summed E-state index contributed by atoms with van der Waals surface area (Å²) >= 11 is 0. The van der Waals surface area contributed by atoms with Crippen LogP contribution >= 0.6 is 0 Å². The fourth-order valence-electron chi connectivity index (χ4n) is 8.11. The van der Waals surface area contributed by atoms with E-state index in [1.54, 1.807) is 0 Å². The van der Waals surface area contributed by atoms with E-state index in [0.29, 0.717) is 18.3 Å². The Kier molecular flexibility index (Phi) is 4.44. The molecule has 0 aromatic carbocycles. The van der Waals surface area contributed by atoms with E-state index >= 15 is 0 Å². The summed E-state index contributed by atoms with van der Waals surface area (Å²) in [5.41, 5.74) is 0.290. The van der Waals surface area contributed by atoms with Gasteiger partial charge in [0.15, 0.2) is 6.23 Å². The Balaban J connectivity index is 1.63. The number of aliphatic hydroxyl groups excluding tert-OH is 1. The molecule has 3 aliphatic carbocycles. The lowest BCUT2D eigenvalue weighted by Crippen LogP contribution is -2.63. The lowest BCUT2D eigenvalue weighted by Gasteiger charge is -2.67. The number of carbonyl (C=O) groups is 1. The molecule has 2 bridgehead atoms. The molecule has 150 valence electrons. The molecule has 4 rings (SSSR count). The number of fused-ring (bicyclic) bond motifs is 3. The van der Waals surface area contributed by atoms with Crippen LogP contribution in [0.15, 0.2) is 0 Å². The lowest BCUT2D eigenvalue weighted by molar-refractivity contribution is -0.228. The highest BCUT2D eigenvalue weighted by Crippen LogP contribution is 2.70. The standard InChI is InChI=1S/C23H35NO3/c1-5-18(25)24-15-20(2)9-6-10-22(4)16(20)8-12-23-13-19(26)27-21(3,14-23)11-7-17(22)23/h1,16-18,24-25H,6-15H2,2-4H3/t16?,17?,18?,20-,21-,22+,23-/m0/s1. The quantitative estimate of drug-likeness (QED) is 0.451. The summed E-state index contributed by atoms with van der Waals surface area (Å²) in [5.74, 6) is 3.60. The molecule has 0 aromatic rings. The minimum Gasteiger partial charge on any atom is -0.459 e. The van der Waals surface area contributed by atoms with Gasteiger partial charge in [0.25, 0.3) is 0 Å². The van der Waals surface area contributed by atoms with Crippen molar-refractivity contribution in [1.82, 2.24) is 5.32 Å². The number of aliphatic hydroxyl groups is 1. The second-order valence-corrected chi connectivity index (χ2v) is 10.8. The number of terminal acetylenes is 1. The first kappa shape index (κ1) is 19.3. The number of ether oxygens (including phenoxy) is 1. The molecule has 4 nitrogen and oxygen atoms in total. The van der Waals surface area contributed by atoms with Gasteiger partial charge in [-0.2, -0.15) is 0 Å². The Morgan fingerprint density at radius 1 is 1.22 bits per heavy atom. The molecule has 3 saturated carbocycles. The van der Waals surface area contributed by atoms with Crippen LogP contribution in [0.2, 0.25) is 0 Å². The number of hydrogen-bond donors (Lipinski definition) is 2. The summed E-state index contributed by atoms with van der Waals surface area (Å²) in [6.45, 7) is 7.79. The summed E-state index contributed by atoms with van der Waals surface area (Å²) in [6, 6.07) is 0. The van der Waals surface area contributed by atoms with Crippen molar-refractivity contribution in [3.05, 3.63) is 0 Å². The number of esters is 1. The van der Waals surface area contributed by atoms with Gasteiger partial charge in [0.05, 0.1) is 6.42 Å². The van der Waals surface area contributed by atoms with Crippen molar-refractivity contribution < 1.29 is 14.6 Å². The zero-order valence-electron chi connectivity index (χ0n) is 17.1. The molecular formula is C23H35NO3. The number of hydrogen-bond acceptors (Lipinski definition) is 4. The molecule has 4 aliphatic rings.